The number of halogens is 1. The summed E-state index contributed by atoms with van der Waals surface area (Å²) in [5.74, 6) is -0.0679. The third kappa shape index (κ3) is 1.52. The average Bonchev–Trinajstić information content (AvgIpc) is 2.16. The molecular weight excluding hydrogens is 169 g/mol. The number of hydrogen-bond acceptors (Lipinski definition) is 2. The Morgan fingerprint density at radius 1 is 1.54 bits per heavy atom. The van der Waals surface area contributed by atoms with Gasteiger partial charge in [0.15, 0.2) is 0 Å². The lowest BCUT2D eigenvalue weighted by atomic mass is 9.92. The fourth-order valence-electron chi connectivity index (χ4n) is 1.76. The molecular formula is C10H12FNO. The first-order chi connectivity index (χ1) is 6.31. The Bertz CT molecular complexity index is 314. The first-order valence-electron chi connectivity index (χ1n) is 4.45. The molecule has 0 bridgehead atoms. The zero-order valence-electron chi connectivity index (χ0n) is 7.26. The quantitative estimate of drug-likeness (QED) is 0.691. The van der Waals surface area contributed by atoms with Gasteiger partial charge in [0.1, 0.15) is 5.82 Å². The molecule has 1 heterocycles. The Morgan fingerprint density at radius 2 is 2.38 bits per heavy atom. The van der Waals surface area contributed by atoms with Gasteiger partial charge in [-0.25, -0.2) is 4.39 Å². The minimum absolute atomic E-state index is 0.139. The molecule has 1 aliphatic heterocycles. The number of benzene rings is 1. The van der Waals surface area contributed by atoms with Crippen LogP contribution in [0.4, 0.5) is 10.1 Å². The molecule has 1 aliphatic rings. The maximum atomic E-state index is 12.8. The van der Waals surface area contributed by atoms with Gasteiger partial charge in [-0.15, -0.1) is 0 Å². The van der Waals surface area contributed by atoms with Crippen molar-refractivity contribution in [3.05, 3.63) is 29.6 Å². The molecule has 0 amide bonds. The fourth-order valence-corrected chi connectivity index (χ4v) is 1.76. The second-order valence-electron chi connectivity index (χ2n) is 3.33. The lowest BCUT2D eigenvalue weighted by Crippen LogP contribution is -2.19. The summed E-state index contributed by atoms with van der Waals surface area (Å²) in [5, 5.41) is 12.2. The summed E-state index contributed by atoms with van der Waals surface area (Å²) in [6.45, 7) is 0.946. The molecule has 13 heavy (non-hydrogen) atoms. The standard InChI is InChI=1S/C10H12FNO/c11-8-1-2-9-7(6-13)3-4-12-10(9)5-8/h1-2,5,7,12-13H,3-4,6H2. The van der Waals surface area contributed by atoms with Crippen molar-refractivity contribution in [2.24, 2.45) is 0 Å². The van der Waals surface area contributed by atoms with E-state index in [9.17, 15) is 4.39 Å². The van der Waals surface area contributed by atoms with E-state index in [4.69, 9.17) is 5.11 Å². The van der Waals surface area contributed by atoms with E-state index in [-0.39, 0.29) is 18.3 Å². The van der Waals surface area contributed by atoms with Crippen molar-refractivity contribution in [3.8, 4) is 0 Å². The Balaban J connectivity index is 2.40. The minimum atomic E-state index is -0.232. The lowest BCUT2D eigenvalue weighted by molar-refractivity contribution is 0.259. The van der Waals surface area contributed by atoms with E-state index in [1.165, 1.54) is 12.1 Å². The maximum absolute atomic E-state index is 12.8. The minimum Gasteiger partial charge on any atom is -0.396 e. The summed E-state index contributed by atoms with van der Waals surface area (Å²) in [5.41, 5.74) is 1.85. The van der Waals surface area contributed by atoms with Gasteiger partial charge in [0, 0.05) is 18.2 Å². The van der Waals surface area contributed by atoms with Crippen molar-refractivity contribution in [3.63, 3.8) is 0 Å². The zero-order chi connectivity index (χ0) is 9.26. The van der Waals surface area contributed by atoms with E-state index < -0.39 is 0 Å². The van der Waals surface area contributed by atoms with Gasteiger partial charge in [0.25, 0.3) is 0 Å². The van der Waals surface area contributed by atoms with E-state index in [1.807, 2.05) is 0 Å². The van der Waals surface area contributed by atoms with Crippen LogP contribution in [-0.4, -0.2) is 18.3 Å². The molecule has 0 aromatic heterocycles. The third-order valence-corrected chi connectivity index (χ3v) is 2.48. The van der Waals surface area contributed by atoms with Gasteiger partial charge in [-0.05, 0) is 24.1 Å². The highest BCUT2D eigenvalue weighted by molar-refractivity contribution is 5.55. The van der Waals surface area contributed by atoms with E-state index in [0.717, 1.165) is 24.2 Å². The topological polar surface area (TPSA) is 32.3 Å². The van der Waals surface area contributed by atoms with Gasteiger partial charge in [-0.3, -0.25) is 0 Å². The summed E-state index contributed by atoms with van der Waals surface area (Å²) in [6, 6.07) is 4.67. The Morgan fingerprint density at radius 3 is 3.15 bits per heavy atom. The molecule has 2 N–H and O–H groups in total. The molecule has 2 nitrogen and oxygen atoms in total. The van der Waals surface area contributed by atoms with Crippen LogP contribution in [0.2, 0.25) is 0 Å². The summed E-state index contributed by atoms with van der Waals surface area (Å²) < 4.78 is 12.8. The van der Waals surface area contributed by atoms with Crippen LogP contribution in [0, 0.1) is 5.82 Å². The summed E-state index contributed by atoms with van der Waals surface area (Å²) >= 11 is 0. The molecule has 0 saturated heterocycles. The molecule has 0 radical (unpaired) electrons. The van der Waals surface area contributed by atoms with Gasteiger partial charge >= 0.3 is 0 Å². The number of anilines is 1. The third-order valence-electron chi connectivity index (χ3n) is 2.48. The predicted octanol–water partition coefficient (Wildman–Crippen LogP) is 1.72. The first-order valence-corrected chi connectivity index (χ1v) is 4.45. The van der Waals surface area contributed by atoms with Gasteiger partial charge in [-0.2, -0.15) is 0 Å². The Hall–Kier alpha value is -1.09. The SMILES string of the molecule is OCC1CCNc2cc(F)ccc21. The molecule has 70 valence electrons. The number of hydrogen-bond donors (Lipinski definition) is 2. The first kappa shape index (κ1) is 8.51. The monoisotopic (exact) mass is 181 g/mol. The summed E-state index contributed by atoms with van der Waals surface area (Å²) in [4.78, 5) is 0. The van der Waals surface area contributed by atoms with Crippen molar-refractivity contribution in [2.45, 2.75) is 12.3 Å². The van der Waals surface area contributed by atoms with Gasteiger partial charge in [-0.1, -0.05) is 6.07 Å². The lowest BCUT2D eigenvalue weighted by Gasteiger charge is -2.25. The van der Waals surface area contributed by atoms with Gasteiger partial charge in [0.05, 0.1) is 6.61 Å². The summed E-state index contributed by atoms with van der Waals surface area (Å²) in [7, 11) is 0. The van der Waals surface area contributed by atoms with E-state index in [2.05, 4.69) is 5.32 Å². The van der Waals surface area contributed by atoms with Crippen LogP contribution in [-0.2, 0) is 0 Å². The largest absolute Gasteiger partial charge is 0.396 e. The van der Waals surface area contributed by atoms with Crippen LogP contribution in [0.25, 0.3) is 0 Å². The van der Waals surface area contributed by atoms with Crippen LogP contribution in [0.5, 0.6) is 0 Å². The van der Waals surface area contributed by atoms with Gasteiger partial charge in [0.2, 0.25) is 0 Å². The fraction of sp³-hybridized carbons (Fsp3) is 0.400. The van der Waals surface area contributed by atoms with Crippen molar-refractivity contribution < 1.29 is 9.50 Å². The molecule has 3 heteroatoms. The number of rotatable bonds is 1. The van der Waals surface area contributed by atoms with Crippen molar-refractivity contribution >= 4 is 5.69 Å². The van der Waals surface area contributed by atoms with Crippen LogP contribution in [0.3, 0.4) is 0 Å². The van der Waals surface area contributed by atoms with E-state index in [1.54, 1.807) is 6.07 Å². The molecule has 0 saturated carbocycles. The van der Waals surface area contributed by atoms with Crippen LogP contribution in [0.1, 0.15) is 17.9 Å². The highest BCUT2D eigenvalue weighted by Crippen LogP contribution is 2.31. The normalized spacial score (nSPS) is 20.6. The van der Waals surface area contributed by atoms with E-state index in [0.29, 0.717) is 0 Å². The van der Waals surface area contributed by atoms with Crippen LogP contribution < -0.4 is 5.32 Å². The molecule has 1 aromatic carbocycles. The highest BCUT2D eigenvalue weighted by Gasteiger charge is 2.18. The number of aliphatic hydroxyl groups excluding tert-OH is 1. The second kappa shape index (κ2) is 3.34. The maximum Gasteiger partial charge on any atom is 0.125 e. The molecule has 2 rings (SSSR count). The number of fused-ring (bicyclic) bond motifs is 1. The highest BCUT2D eigenvalue weighted by atomic mass is 19.1. The van der Waals surface area contributed by atoms with Crippen molar-refractivity contribution in [1.82, 2.24) is 0 Å². The molecule has 1 unspecified atom stereocenters. The summed E-state index contributed by atoms with van der Waals surface area (Å²) in [6.07, 6.45) is 0.912. The Kier molecular flexibility index (Phi) is 2.19. The molecule has 0 aliphatic carbocycles. The Labute approximate surface area is 76.4 Å². The van der Waals surface area contributed by atoms with Crippen LogP contribution in [0.15, 0.2) is 18.2 Å². The van der Waals surface area contributed by atoms with E-state index >= 15 is 0 Å². The van der Waals surface area contributed by atoms with Crippen molar-refractivity contribution in [2.75, 3.05) is 18.5 Å². The zero-order valence-corrected chi connectivity index (χ0v) is 7.26. The molecule has 0 fully saturated rings. The van der Waals surface area contributed by atoms with Crippen LogP contribution >= 0.6 is 0 Å². The second-order valence-corrected chi connectivity index (χ2v) is 3.33. The molecule has 0 spiro atoms. The number of aliphatic hydroxyl groups is 1. The molecule has 1 aromatic rings. The van der Waals surface area contributed by atoms with Crippen molar-refractivity contribution in [1.29, 1.82) is 0 Å². The number of nitrogens with one attached hydrogen (secondary N) is 1. The average molecular weight is 181 g/mol. The smallest absolute Gasteiger partial charge is 0.125 e. The van der Waals surface area contributed by atoms with Gasteiger partial charge < -0.3 is 10.4 Å². The predicted molar refractivity (Wildman–Crippen MR) is 49.3 cm³/mol. The molecule has 1 atom stereocenters.